The fourth-order valence-corrected chi connectivity index (χ4v) is 1.69. The molecule has 0 aromatic carbocycles. The molecule has 21 heavy (non-hydrogen) atoms. The Bertz CT molecular complexity index is 242. The summed E-state index contributed by atoms with van der Waals surface area (Å²) in [5, 5.41) is 0. The van der Waals surface area contributed by atoms with Gasteiger partial charge in [0, 0.05) is 46.1 Å². The highest BCUT2D eigenvalue weighted by atomic mass is 16.5. The van der Waals surface area contributed by atoms with Crippen LogP contribution in [-0.4, -0.2) is 70.1 Å². The van der Waals surface area contributed by atoms with Crippen molar-refractivity contribution in [2.75, 3.05) is 59.3 Å². The van der Waals surface area contributed by atoms with E-state index in [1.54, 1.807) is 0 Å². The molecule has 0 spiro atoms. The quantitative estimate of drug-likeness (QED) is 0.171. The van der Waals surface area contributed by atoms with Crippen LogP contribution in [0.3, 0.4) is 0 Å². The van der Waals surface area contributed by atoms with Crippen molar-refractivity contribution in [3.05, 3.63) is 0 Å². The van der Waals surface area contributed by atoms with Gasteiger partial charge < -0.3 is 19.1 Å². The molecule has 7 nitrogen and oxygen atoms in total. The van der Waals surface area contributed by atoms with Crippen LogP contribution in [0.4, 0.5) is 0 Å². The lowest BCUT2D eigenvalue weighted by Gasteiger charge is -2.25. The van der Waals surface area contributed by atoms with Crippen molar-refractivity contribution >= 4 is 5.96 Å². The Morgan fingerprint density at radius 3 is 1.95 bits per heavy atom. The molecule has 0 unspecified atom stereocenters. The summed E-state index contributed by atoms with van der Waals surface area (Å²) in [5.41, 5.74) is 2.67. The van der Waals surface area contributed by atoms with E-state index in [9.17, 15) is 0 Å². The Morgan fingerprint density at radius 1 is 0.952 bits per heavy atom. The van der Waals surface area contributed by atoms with Crippen molar-refractivity contribution in [3.8, 4) is 0 Å². The molecular formula is C14H32N4O3. The van der Waals surface area contributed by atoms with Gasteiger partial charge in [0.1, 0.15) is 0 Å². The normalized spacial score (nSPS) is 11.7. The Kier molecular flexibility index (Phi) is 14.8. The Morgan fingerprint density at radius 2 is 1.48 bits per heavy atom. The summed E-state index contributed by atoms with van der Waals surface area (Å²) in [4.78, 5) is 6.53. The second-order valence-corrected chi connectivity index (χ2v) is 4.28. The average Bonchev–Trinajstić information content (AvgIpc) is 2.50. The molecule has 0 aliphatic rings. The van der Waals surface area contributed by atoms with Gasteiger partial charge in [-0.25, -0.2) is 5.84 Å². The summed E-state index contributed by atoms with van der Waals surface area (Å²) in [6.07, 6.45) is 0.879. The van der Waals surface area contributed by atoms with Crippen molar-refractivity contribution in [2.45, 2.75) is 27.2 Å². The Hall–Kier alpha value is -0.890. The molecule has 0 radical (unpaired) electrons. The average molecular weight is 304 g/mol. The number of nitrogens with zero attached hydrogens (tertiary/aromatic N) is 2. The van der Waals surface area contributed by atoms with Gasteiger partial charge in [-0.2, -0.15) is 0 Å². The number of nitrogens with one attached hydrogen (secondary N) is 1. The van der Waals surface area contributed by atoms with Crippen molar-refractivity contribution < 1.29 is 14.2 Å². The lowest BCUT2D eigenvalue weighted by Crippen LogP contribution is -2.47. The van der Waals surface area contributed by atoms with Crippen LogP contribution in [0.25, 0.3) is 0 Å². The molecule has 0 aliphatic heterocycles. The highest BCUT2D eigenvalue weighted by Gasteiger charge is 2.09. The first-order valence-electron chi connectivity index (χ1n) is 7.79. The smallest absolute Gasteiger partial charge is 0.208 e. The molecule has 0 heterocycles. The number of hydrogen-bond donors (Lipinski definition) is 2. The van der Waals surface area contributed by atoms with Crippen molar-refractivity contribution in [1.29, 1.82) is 0 Å². The molecule has 0 rings (SSSR count). The summed E-state index contributed by atoms with van der Waals surface area (Å²) in [7, 11) is 0. The summed E-state index contributed by atoms with van der Waals surface area (Å²) < 4.78 is 16.1. The van der Waals surface area contributed by atoms with Gasteiger partial charge in [0.15, 0.2) is 0 Å². The molecular weight excluding hydrogens is 272 g/mol. The van der Waals surface area contributed by atoms with Crippen molar-refractivity contribution in [2.24, 2.45) is 10.8 Å². The van der Waals surface area contributed by atoms with E-state index in [0.717, 1.165) is 32.7 Å². The minimum absolute atomic E-state index is 0.641. The van der Waals surface area contributed by atoms with Crippen molar-refractivity contribution in [1.82, 2.24) is 10.3 Å². The van der Waals surface area contributed by atoms with E-state index >= 15 is 0 Å². The topological polar surface area (TPSA) is 81.3 Å². The van der Waals surface area contributed by atoms with Gasteiger partial charge in [0.25, 0.3) is 0 Å². The predicted molar refractivity (Wildman–Crippen MR) is 85.3 cm³/mol. The number of ether oxygens (including phenoxy) is 3. The van der Waals surface area contributed by atoms with E-state index in [4.69, 9.17) is 20.1 Å². The highest BCUT2D eigenvalue weighted by Crippen LogP contribution is 1.94. The van der Waals surface area contributed by atoms with Gasteiger partial charge in [-0.3, -0.25) is 10.4 Å². The SMILES string of the molecule is CCOCCCN=C(NN)N(CCOCC)CCOCC. The molecule has 0 amide bonds. The van der Waals surface area contributed by atoms with Crippen LogP contribution in [0.1, 0.15) is 27.2 Å². The maximum Gasteiger partial charge on any atom is 0.208 e. The first-order valence-corrected chi connectivity index (χ1v) is 7.79. The maximum atomic E-state index is 5.59. The molecule has 0 saturated heterocycles. The summed E-state index contributed by atoms with van der Waals surface area (Å²) >= 11 is 0. The van der Waals surface area contributed by atoms with Crippen molar-refractivity contribution in [3.63, 3.8) is 0 Å². The van der Waals surface area contributed by atoms with Gasteiger partial charge in [-0.05, 0) is 27.2 Å². The van der Waals surface area contributed by atoms with E-state index in [2.05, 4.69) is 10.4 Å². The third kappa shape index (κ3) is 11.4. The van der Waals surface area contributed by atoms with E-state index in [1.165, 1.54) is 0 Å². The summed E-state index contributed by atoms with van der Waals surface area (Å²) in [6, 6.07) is 0. The fraction of sp³-hybridized carbons (Fsp3) is 0.929. The molecule has 0 saturated carbocycles. The third-order valence-corrected chi connectivity index (χ3v) is 2.76. The van der Waals surface area contributed by atoms with Crippen LogP contribution < -0.4 is 11.3 Å². The number of guanidine groups is 1. The molecule has 0 atom stereocenters. The fourth-order valence-electron chi connectivity index (χ4n) is 1.69. The van der Waals surface area contributed by atoms with Crippen LogP contribution in [0.15, 0.2) is 4.99 Å². The summed E-state index contributed by atoms with van der Waals surface area (Å²) in [5.74, 6) is 6.26. The largest absolute Gasteiger partial charge is 0.382 e. The van der Waals surface area contributed by atoms with Gasteiger partial charge in [0.2, 0.25) is 5.96 Å². The van der Waals surface area contributed by atoms with Gasteiger partial charge in [0.05, 0.1) is 13.2 Å². The number of hydrogen-bond acceptors (Lipinski definition) is 5. The molecule has 126 valence electrons. The zero-order valence-corrected chi connectivity index (χ0v) is 13.8. The first-order chi connectivity index (χ1) is 10.3. The third-order valence-electron chi connectivity index (χ3n) is 2.76. The molecule has 7 heteroatoms. The van der Waals surface area contributed by atoms with E-state index in [1.807, 2.05) is 25.7 Å². The van der Waals surface area contributed by atoms with Gasteiger partial charge in [-0.15, -0.1) is 0 Å². The molecule has 0 fully saturated rings. The van der Waals surface area contributed by atoms with E-state index in [-0.39, 0.29) is 0 Å². The summed E-state index contributed by atoms with van der Waals surface area (Å²) in [6.45, 7) is 12.2. The van der Waals surface area contributed by atoms with E-state index in [0.29, 0.717) is 38.9 Å². The first kappa shape index (κ1) is 20.1. The van der Waals surface area contributed by atoms with Crippen LogP contribution in [0.5, 0.6) is 0 Å². The second-order valence-electron chi connectivity index (χ2n) is 4.28. The number of hydrazine groups is 1. The predicted octanol–water partition coefficient (Wildman–Crippen LogP) is 0.607. The maximum absolute atomic E-state index is 5.59. The van der Waals surface area contributed by atoms with E-state index < -0.39 is 0 Å². The molecule has 0 bridgehead atoms. The lowest BCUT2D eigenvalue weighted by molar-refractivity contribution is 0.106. The standard InChI is InChI=1S/C14H32N4O3/c1-4-19-11-7-8-16-14(17-15)18(9-12-20-5-2)10-13-21-6-3/h4-13,15H2,1-3H3,(H,16,17). The lowest BCUT2D eigenvalue weighted by atomic mass is 10.4. The number of rotatable bonds is 13. The van der Waals surface area contributed by atoms with Crippen LogP contribution in [0.2, 0.25) is 0 Å². The highest BCUT2D eigenvalue weighted by molar-refractivity contribution is 5.79. The van der Waals surface area contributed by atoms with Crippen LogP contribution in [-0.2, 0) is 14.2 Å². The molecule has 0 aliphatic carbocycles. The minimum atomic E-state index is 0.641. The number of aliphatic imine (C=N–C) groups is 1. The van der Waals surface area contributed by atoms with Crippen LogP contribution in [0, 0.1) is 0 Å². The van der Waals surface area contributed by atoms with Gasteiger partial charge >= 0.3 is 0 Å². The Balaban J connectivity index is 4.30. The van der Waals surface area contributed by atoms with Gasteiger partial charge in [-0.1, -0.05) is 0 Å². The molecule has 0 aromatic rings. The zero-order chi connectivity index (χ0) is 15.8. The second kappa shape index (κ2) is 15.5. The monoisotopic (exact) mass is 304 g/mol. The molecule has 0 aromatic heterocycles. The number of nitrogens with two attached hydrogens (primary N) is 1. The minimum Gasteiger partial charge on any atom is -0.382 e. The zero-order valence-electron chi connectivity index (χ0n) is 13.8. The molecule has 3 N–H and O–H groups in total. The Labute approximate surface area is 128 Å². The van der Waals surface area contributed by atoms with Crippen LogP contribution >= 0.6 is 0 Å².